The smallest absolute Gasteiger partial charge is 0.224 e. The highest BCUT2D eigenvalue weighted by atomic mass is 19.1. The van der Waals surface area contributed by atoms with Gasteiger partial charge in [-0.2, -0.15) is 0 Å². The largest absolute Gasteiger partial charge is 0.381 e. The van der Waals surface area contributed by atoms with E-state index in [1.165, 1.54) is 12.1 Å². The fraction of sp³-hybridized carbons (Fsp3) is 0.619. The van der Waals surface area contributed by atoms with Gasteiger partial charge in [-0.3, -0.25) is 9.79 Å². The Morgan fingerprint density at radius 1 is 1.31 bits per heavy atom. The molecule has 1 aliphatic heterocycles. The number of carbonyl (C=O) groups excluding carboxylic acids is 1. The van der Waals surface area contributed by atoms with Gasteiger partial charge in [-0.05, 0) is 37.5 Å². The predicted octanol–water partition coefficient (Wildman–Crippen LogP) is 1.48. The second kappa shape index (κ2) is 13.9. The van der Waals surface area contributed by atoms with E-state index in [1.54, 1.807) is 12.1 Å². The number of hydrogen-bond donors (Lipinski definition) is 3. The van der Waals surface area contributed by atoms with Gasteiger partial charge in [-0.1, -0.05) is 12.1 Å². The summed E-state index contributed by atoms with van der Waals surface area (Å²) in [5, 5.41) is 9.19. The Hall–Kier alpha value is -2.19. The van der Waals surface area contributed by atoms with Gasteiger partial charge >= 0.3 is 0 Å². The maximum absolute atomic E-state index is 13.2. The molecule has 1 saturated heterocycles. The highest BCUT2D eigenvalue weighted by Crippen LogP contribution is 2.12. The summed E-state index contributed by atoms with van der Waals surface area (Å²) in [4.78, 5) is 16.4. The normalized spacial score (nSPS) is 16.6. The van der Waals surface area contributed by atoms with Crippen LogP contribution in [-0.2, 0) is 20.7 Å². The topological polar surface area (TPSA) is 84.0 Å². The third-order valence-electron chi connectivity index (χ3n) is 4.43. The lowest BCUT2D eigenvalue weighted by Gasteiger charge is -2.12. The first-order chi connectivity index (χ1) is 14.2. The molecule has 1 fully saturated rings. The van der Waals surface area contributed by atoms with Crippen LogP contribution in [0.5, 0.6) is 0 Å². The summed E-state index contributed by atoms with van der Waals surface area (Å²) in [6.07, 6.45) is 2.11. The van der Waals surface area contributed by atoms with E-state index < -0.39 is 0 Å². The van der Waals surface area contributed by atoms with Crippen molar-refractivity contribution in [2.45, 2.75) is 26.2 Å². The summed E-state index contributed by atoms with van der Waals surface area (Å²) in [7, 11) is 0. The van der Waals surface area contributed by atoms with Crippen LogP contribution in [0.4, 0.5) is 4.39 Å². The summed E-state index contributed by atoms with van der Waals surface area (Å²) >= 11 is 0. The minimum atomic E-state index is -0.332. The number of hydrogen-bond acceptors (Lipinski definition) is 4. The van der Waals surface area contributed by atoms with Gasteiger partial charge < -0.3 is 25.4 Å². The first-order valence-electron chi connectivity index (χ1n) is 10.4. The molecule has 1 aromatic carbocycles. The molecule has 1 atom stereocenters. The molecule has 0 aromatic heterocycles. The average Bonchev–Trinajstić information content (AvgIpc) is 3.21. The SMILES string of the molecule is CCNC(=NCCCOCC1CCOC1)NCCNC(=O)Cc1cccc(F)c1. The average molecular weight is 409 g/mol. The van der Waals surface area contributed by atoms with E-state index in [0.29, 0.717) is 37.7 Å². The first kappa shape index (κ1) is 23.1. The lowest BCUT2D eigenvalue weighted by molar-refractivity contribution is -0.120. The molecule has 29 heavy (non-hydrogen) atoms. The number of ether oxygens (including phenoxy) is 2. The van der Waals surface area contributed by atoms with Gasteiger partial charge in [0.25, 0.3) is 0 Å². The number of aliphatic imine (C=N–C) groups is 1. The van der Waals surface area contributed by atoms with Gasteiger partial charge in [0.15, 0.2) is 5.96 Å². The van der Waals surface area contributed by atoms with Crippen molar-refractivity contribution in [2.24, 2.45) is 10.9 Å². The number of rotatable bonds is 12. The minimum Gasteiger partial charge on any atom is -0.381 e. The van der Waals surface area contributed by atoms with Crippen molar-refractivity contribution in [3.05, 3.63) is 35.6 Å². The third-order valence-corrected chi connectivity index (χ3v) is 4.43. The summed E-state index contributed by atoms with van der Waals surface area (Å²) in [6, 6.07) is 6.08. The van der Waals surface area contributed by atoms with E-state index in [2.05, 4.69) is 20.9 Å². The molecule has 8 heteroatoms. The van der Waals surface area contributed by atoms with Crippen LogP contribution in [0.2, 0.25) is 0 Å². The number of carbonyl (C=O) groups is 1. The lowest BCUT2D eigenvalue weighted by atomic mass is 10.1. The van der Waals surface area contributed by atoms with Crippen LogP contribution in [0.3, 0.4) is 0 Å². The molecule has 162 valence electrons. The zero-order chi connectivity index (χ0) is 20.7. The van der Waals surface area contributed by atoms with Gasteiger partial charge in [0, 0.05) is 45.3 Å². The van der Waals surface area contributed by atoms with E-state index in [4.69, 9.17) is 9.47 Å². The second-order valence-electron chi connectivity index (χ2n) is 7.00. The molecule has 1 unspecified atom stereocenters. The second-order valence-corrected chi connectivity index (χ2v) is 7.00. The summed E-state index contributed by atoms with van der Waals surface area (Å²) in [5.41, 5.74) is 0.660. The number of guanidine groups is 1. The predicted molar refractivity (Wildman–Crippen MR) is 111 cm³/mol. The number of benzene rings is 1. The zero-order valence-electron chi connectivity index (χ0n) is 17.2. The Morgan fingerprint density at radius 2 is 2.17 bits per heavy atom. The molecule has 7 nitrogen and oxygen atoms in total. The molecular weight excluding hydrogens is 375 g/mol. The van der Waals surface area contributed by atoms with E-state index in [0.717, 1.165) is 45.2 Å². The number of amides is 1. The Bertz CT molecular complexity index is 636. The van der Waals surface area contributed by atoms with Crippen LogP contribution >= 0.6 is 0 Å². The van der Waals surface area contributed by atoms with Crippen LogP contribution in [0.15, 0.2) is 29.3 Å². The molecule has 0 bridgehead atoms. The van der Waals surface area contributed by atoms with E-state index in [9.17, 15) is 9.18 Å². The molecule has 2 rings (SSSR count). The summed E-state index contributed by atoms with van der Waals surface area (Å²) < 4.78 is 24.2. The zero-order valence-corrected chi connectivity index (χ0v) is 17.2. The fourth-order valence-electron chi connectivity index (χ4n) is 2.94. The third kappa shape index (κ3) is 10.2. The molecule has 3 N–H and O–H groups in total. The first-order valence-corrected chi connectivity index (χ1v) is 10.4. The van der Waals surface area contributed by atoms with E-state index in [1.807, 2.05) is 6.92 Å². The Balaban J connectivity index is 1.56. The molecular formula is C21H33FN4O3. The quantitative estimate of drug-likeness (QED) is 0.277. The van der Waals surface area contributed by atoms with Crippen LogP contribution in [0.25, 0.3) is 0 Å². The highest BCUT2D eigenvalue weighted by Gasteiger charge is 2.15. The van der Waals surface area contributed by atoms with E-state index in [-0.39, 0.29) is 18.1 Å². The maximum atomic E-state index is 13.2. The molecule has 1 aliphatic rings. The molecule has 0 radical (unpaired) electrons. The van der Waals surface area contributed by atoms with Gasteiger partial charge in [-0.15, -0.1) is 0 Å². The van der Waals surface area contributed by atoms with Gasteiger partial charge in [0.1, 0.15) is 5.82 Å². The lowest BCUT2D eigenvalue weighted by Crippen LogP contribution is -2.41. The fourth-order valence-corrected chi connectivity index (χ4v) is 2.94. The van der Waals surface area contributed by atoms with Gasteiger partial charge in [0.2, 0.25) is 5.91 Å². The summed E-state index contributed by atoms with van der Waals surface area (Å²) in [5.74, 6) is 0.787. The van der Waals surface area contributed by atoms with Crippen LogP contribution in [0, 0.1) is 11.7 Å². The van der Waals surface area contributed by atoms with Crippen molar-refractivity contribution >= 4 is 11.9 Å². The maximum Gasteiger partial charge on any atom is 0.224 e. The van der Waals surface area contributed by atoms with Crippen molar-refractivity contribution in [1.29, 1.82) is 0 Å². The van der Waals surface area contributed by atoms with Crippen molar-refractivity contribution in [3.8, 4) is 0 Å². The van der Waals surface area contributed by atoms with Crippen LogP contribution in [0.1, 0.15) is 25.3 Å². The molecule has 1 amide bonds. The Kier molecular flexibility index (Phi) is 11.1. The van der Waals surface area contributed by atoms with Crippen molar-refractivity contribution < 1.29 is 18.7 Å². The Morgan fingerprint density at radius 3 is 2.93 bits per heavy atom. The molecule has 1 aromatic rings. The Labute approximate surface area is 172 Å². The molecule has 0 aliphatic carbocycles. The minimum absolute atomic E-state index is 0.135. The summed E-state index contributed by atoms with van der Waals surface area (Å²) in [6.45, 7) is 7.56. The van der Waals surface area contributed by atoms with Crippen molar-refractivity contribution in [1.82, 2.24) is 16.0 Å². The van der Waals surface area contributed by atoms with Crippen molar-refractivity contribution in [3.63, 3.8) is 0 Å². The number of nitrogens with one attached hydrogen (secondary N) is 3. The molecule has 0 saturated carbocycles. The highest BCUT2D eigenvalue weighted by molar-refractivity contribution is 5.80. The van der Waals surface area contributed by atoms with Crippen LogP contribution in [-0.4, -0.2) is 64.5 Å². The monoisotopic (exact) mass is 408 g/mol. The van der Waals surface area contributed by atoms with Crippen molar-refractivity contribution in [2.75, 3.05) is 52.6 Å². The van der Waals surface area contributed by atoms with Gasteiger partial charge in [-0.25, -0.2) is 4.39 Å². The van der Waals surface area contributed by atoms with Gasteiger partial charge in [0.05, 0.1) is 19.6 Å². The number of nitrogens with zero attached hydrogens (tertiary/aromatic N) is 1. The molecule has 1 heterocycles. The van der Waals surface area contributed by atoms with Crippen LogP contribution < -0.4 is 16.0 Å². The standard InChI is InChI=1S/C21H33FN4O3/c1-2-23-21(25-8-4-11-28-15-18-7-12-29-16-18)26-10-9-24-20(27)14-17-5-3-6-19(22)13-17/h3,5-6,13,18H,2,4,7-12,14-16H2,1H3,(H,24,27)(H2,23,25,26). The number of halogens is 1. The van der Waals surface area contributed by atoms with E-state index >= 15 is 0 Å². The molecule has 0 spiro atoms.